The first-order valence-corrected chi connectivity index (χ1v) is 16.6. The molecule has 0 spiro atoms. The van der Waals surface area contributed by atoms with E-state index in [1.807, 2.05) is 11.8 Å². The molecule has 2 nitrogen and oxygen atoms in total. The summed E-state index contributed by atoms with van der Waals surface area (Å²) in [6.07, 6.45) is 2.27. The maximum absolute atomic E-state index is 12.9. The van der Waals surface area contributed by atoms with Crippen LogP contribution in [0.3, 0.4) is 0 Å². The second-order valence-electron chi connectivity index (χ2n) is 11.1. The van der Waals surface area contributed by atoms with E-state index in [1.54, 1.807) is 14.2 Å². The lowest BCUT2D eigenvalue weighted by Crippen LogP contribution is -2.36. The predicted octanol–water partition coefficient (Wildman–Crippen LogP) is 10.7. The molecule has 0 bridgehead atoms. The van der Waals surface area contributed by atoms with E-state index in [-0.39, 0.29) is 11.8 Å². The van der Waals surface area contributed by atoms with Gasteiger partial charge in [0, 0.05) is 22.5 Å². The van der Waals surface area contributed by atoms with Crippen LogP contribution in [0, 0.1) is 0 Å². The predicted molar refractivity (Wildman–Crippen MR) is 161 cm³/mol. The molecule has 2 unspecified atom stereocenters. The van der Waals surface area contributed by atoms with Crippen molar-refractivity contribution in [3.05, 3.63) is 53.6 Å². The number of rotatable bonds is 17. The Morgan fingerprint density at radius 1 is 0.805 bits per heavy atom. The van der Waals surface area contributed by atoms with Crippen LogP contribution in [0.1, 0.15) is 88.2 Å². The van der Waals surface area contributed by atoms with Crippen LogP contribution in [-0.4, -0.2) is 43.6 Å². The van der Waals surface area contributed by atoms with E-state index in [0.717, 1.165) is 61.5 Å². The maximum atomic E-state index is 12.9. The fraction of sp³-hybridized carbons (Fsp3) is 0.625. The molecule has 0 N–H and O–H groups in total. The Labute approximate surface area is 250 Å². The fourth-order valence-corrected chi connectivity index (χ4v) is 7.89. The maximum Gasteiger partial charge on any atom is 0.453 e. The van der Waals surface area contributed by atoms with Gasteiger partial charge in [-0.3, -0.25) is 0 Å². The van der Waals surface area contributed by atoms with Crippen molar-refractivity contribution in [3.8, 4) is 11.5 Å². The molecule has 2 aromatic rings. The fourth-order valence-electron chi connectivity index (χ4n) is 5.53. The van der Waals surface area contributed by atoms with Crippen LogP contribution < -0.4 is 9.47 Å². The lowest BCUT2D eigenvalue weighted by atomic mass is 9.68. The van der Waals surface area contributed by atoms with Gasteiger partial charge < -0.3 is 9.47 Å². The highest BCUT2D eigenvalue weighted by Gasteiger charge is 2.56. The minimum atomic E-state index is -5.44. The van der Waals surface area contributed by atoms with Gasteiger partial charge >= 0.3 is 12.1 Å². The van der Waals surface area contributed by atoms with E-state index >= 15 is 0 Å². The number of hydrogen-bond donors (Lipinski definition) is 0. The van der Waals surface area contributed by atoms with E-state index in [0.29, 0.717) is 11.7 Å². The van der Waals surface area contributed by atoms with Crippen molar-refractivity contribution < 1.29 is 31.4 Å². The van der Waals surface area contributed by atoms with E-state index in [2.05, 4.69) is 49.4 Å². The molecule has 0 radical (unpaired) electrons. The largest absolute Gasteiger partial charge is 0.497 e. The van der Waals surface area contributed by atoms with Gasteiger partial charge in [-0.2, -0.15) is 33.7 Å². The Kier molecular flexibility index (Phi) is 13.0. The zero-order valence-electron chi connectivity index (χ0n) is 24.3. The van der Waals surface area contributed by atoms with E-state index in [1.165, 1.54) is 40.6 Å². The highest BCUT2D eigenvalue weighted by atomic mass is 32.2. The monoisotopic (exact) mass is 618 g/mol. The average Bonchev–Trinajstić information content (AvgIpc) is 2.95. The van der Waals surface area contributed by atoms with E-state index < -0.39 is 18.5 Å². The Bertz CT molecular complexity index is 1060. The highest BCUT2D eigenvalue weighted by molar-refractivity contribution is 7.99. The number of unbranched alkanes of at least 4 members (excludes halogenated alkanes) is 6. The minimum Gasteiger partial charge on any atom is -0.497 e. The molecule has 0 amide bonds. The van der Waals surface area contributed by atoms with Gasteiger partial charge in [0.1, 0.15) is 11.5 Å². The Balaban J connectivity index is 1.40. The molecular formula is C32H43F5O2S2. The Hall–Kier alpha value is -1.61. The summed E-state index contributed by atoms with van der Waals surface area (Å²) in [5.74, 6) is -0.244. The third-order valence-corrected chi connectivity index (χ3v) is 10.7. The average molecular weight is 619 g/mol. The molecule has 0 saturated heterocycles. The van der Waals surface area contributed by atoms with Gasteiger partial charge in [-0.25, -0.2) is 0 Å². The molecule has 1 heterocycles. The van der Waals surface area contributed by atoms with Crippen molar-refractivity contribution in [3.63, 3.8) is 0 Å². The first-order valence-electron chi connectivity index (χ1n) is 14.5. The van der Waals surface area contributed by atoms with Crippen LogP contribution in [0.25, 0.3) is 0 Å². The third-order valence-electron chi connectivity index (χ3n) is 8.12. The molecular weight excluding hydrogens is 575 g/mol. The van der Waals surface area contributed by atoms with Gasteiger partial charge in [-0.1, -0.05) is 63.6 Å². The smallest absolute Gasteiger partial charge is 0.453 e. The first kappa shape index (κ1) is 33.9. The van der Waals surface area contributed by atoms with E-state index in [4.69, 9.17) is 9.47 Å². The standard InChI is InChI=1S/C32H43F5O2S2/c1-30(24-13-15-25(38-2)16-14-24)23-41-29-22-26(39-3)17-18-27(29)28(30)12-9-7-5-4-6-8-10-20-40-21-11-19-31(33,34)32(35,36)37/h13-18,22,28H,4-12,19-21,23H2,1-3H3. The second-order valence-corrected chi connectivity index (χ2v) is 13.3. The van der Waals surface area contributed by atoms with Crippen LogP contribution in [0.2, 0.25) is 0 Å². The molecule has 1 aliphatic heterocycles. The molecule has 2 atom stereocenters. The van der Waals surface area contributed by atoms with Crippen molar-refractivity contribution in [2.75, 3.05) is 31.5 Å². The van der Waals surface area contributed by atoms with Gasteiger partial charge in [0.25, 0.3) is 0 Å². The number of hydrogen-bond acceptors (Lipinski definition) is 4. The van der Waals surface area contributed by atoms with Crippen molar-refractivity contribution in [2.24, 2.45) is 0 Å². The summed E-state index contributed by atoms with van der Waals surface area (Å²) >= 11 is 3.38. The summed E-state index contributed by atoms with van der Waals surface area (Å²) in [4.78, 5) is 1.31. The van der Waals surface area contributed by atoms with Crippen molar-refractivity contribution >= 4 is 23.5 Å². The minimum absolute atomic E-state index is 0.0127. The van der Waals surface area contributed by atoms with Crippen LogP contribution in [0.15, 0.2) is 47.4 Å². The first-order chi connectivity index (χ1) is 19.5. The number of thioether (sulfide) groups is 2. The molecule has 3 rings (SSSR count). The van der Waals surface area contributed by atoms with Gasteiger partial charge in [-0.15, -0.1) is 11.8 Å². The molecule has 0 saturated carbocycles. The number of benzene rings is 2. The summed E-state index contributed by atoms with van der Waals surface area (Å²) in [5, 5.41) is 0. The molecule has 2 aromatic carbocycles. The topological polar surface area (TPSA) is 18.5 Å². The summed E-state index contributed by atoms with van der Waals surface area (Å²) in [5.41, 5.74) is 2.75. The molecule has 230 valence electrons. The molecule has 9 heteroatoms. The van der Waals surface area contributed by atoms with Crippen LogP contribution in [0.5, 0.6) is 11.5 Å². The Morgan fingerprint density at radius 3 is 2.02 bits per heavy atom. The number of methoxy groups -OCH3 is 2. The molecule has 0 aliphatic carbocycles. The summed E-state index contributed by atoms with van der Waals surface area (Å²) in [6.45, 7) is 2.39. The molecule has 0 fully saturated rings. The SMILES string of the molecule is COc1ccc(C2(C)CSc3cc(OC)ccc3C2CCCCCCCCCSCCCC(F)(F)C(F)(F)F)cc1. The van der Waals surface area contributed by atoms with E-state index in [9.17, 15) is 22.0 Å². The number of ether oxygens (including phenoxy) is 2. The van der Waals surface area contributed by atoms with Gasteiger partial charge in [-0.05, 0) is 72.1 Å². The lowest BCUT2D eigenvalue weighted by molar-refractivity contribution is -0.284. The quantitative estimate of drug-likeness (QED) is 0.130. The zero-order chi connectivity index (χ0) is 29.9. The van der Waals surface area contributed by atoms with Crippen molar-refractivity contribution in [1.29, 1.82) is 0 Å². The van der Waals surface area contributed by atoms with Gasteiger partial charge in [0.15, 0.2) is 0 Å². The number of halogens is 5. The summed E-state index contributed by atoms with van der Waals surface area (Å²) < 4.78 is 73.3. The lowest BCUT2D eigenvalue weighted by Gasteiger charge is -2.43. The Morgan fingerprint density at radius 2 is 1.39 bits per heavy atom. The summed E-state index contributed by atoms with van der Waals surface area (Å²) in [7, 11) is 3.40. The summed E-state index contributed by atoms with van der Waals surface area (Å²) in [6, 6.07) is 15.0. The van der Waals surface area contributed by atoms with Crippen LogP contribution >= 0.6 is 23.5 Å². The van der Waals surface area contributed by atoms with Crippen molar-refractivity contribution in [2.45, 2.75) is 99.5 Å². The molecule has 1 aliphatic rings. The third kappa shape index (κ3) is 9.44. The van der Waals surface area contributed by atoms with Crippen LogP contribution in [-0.2, 0) is 5.41 Å². The molecule has 0 aromatic heterocycles. The van der Waals surface area contributed by atoms with Gasteiger partial charge in [0.05, 0.1) is 14.2 Å². The van der Waals surface area contributed by atoms with Gasteiger partial charge in [0.2, 0.25) is 0 Å². The van der Waals surface area contributed by atoms with Crippen LogP contribution in [0.4, 0.5) is 22.0 Å². The van der Waals surface area contributed by atoms with Crippen molar-refractivity contribution in [1.82, 2.24) is 0 Å². The zero-order valence-corrected chi connectivity index (χ0v) is 26.0. The normalized spacial score (nSPS) is 19.2. The molecule has 41 heavy (non-hydrogen) atoms. The number of alkyl halides is 5. The number of fused-ring (bicyclic) bond motifs is 1. The second kappa shape index (κ2) is 15.7. The highest BCUT2D eigenvalue weighted by Crippen LogP contribution is 2.52.